The molecule has 33 heavy (non-hydrogen) atoms. The van der Waals surface area contributed by atoms with Crippen LogP contribution in [0.1, 0.15) is 25.5 Å². The lowest BCUT2D eigenvalue weighted by Crippen LogP contribution is -2.47. The number of amides is 3. The highest BCUT2D eigenvalue weighted by Crippen LogP contribution is 2.31. The minimum absolute atomic E-state index is 0.0464. The number of carbonyl (C=O) groups is 3. The smallest absolute Gasteiger partial charge is 0.234 e. The number of nitrogens with one attached hydrogen (secondary N) is 2. The van der Waals surface area contributed by atoms with Crippen LogP contribution in [0.3, 0.4) is 0 Å². The third-order valence-electron chi connectivity index (χ3n) is 5.37. The predicted molar refractivity (Wildman–Crippen MR) is 126 cm³/mol. The predicted octanol–water partition coefficient (Wildman–Crippen LogP) is 2.74. The van der Waals surface area contributed by atoms with Gasteiger partial charge in [0.15, 0.2) is 10.1 Å². The van der Waals surface area contributed by atoms with Gasteiger partial charge in [0.25, 0.3) is 0 Å². The van der Waals surface area contributed by atoms with Crippen LogP contribution in [0.25, 0.3) is 0 Å². The molecule has 3 amide bonds. The maximum atomic E-state index is 12.6. The van der Waals surface area contributed by atoms with Gasteiger partial charge in [0.2, 0.25) is 17.7 Å². The number of nitrogens with zero attached hydrogens (tertiary/aromatic N) is 2. The highest BCUT2D eigenvalue weighted by Gasteiger charge is 2.40. The van der Waals surface area contributed by atoms with E-state index in [1.165, 1.54) is 30.0 Å². The first-order valence-electron chi connectivity index (χ1n) is 10.7. The van der Waals surface area contributed by atoms with Crippen LogP contribution in [0.2, 0.25) is 0 Å². The molecule has 1 aromatic carbocycles. The van der Waals surface area contributed by atoms with Crippen molar-refractivity contribution in [1.29, 1.82) is 0 Å². The van der Waals surface area contributed by atoms with Crippen molar-refractivity contribution in [3.8, 4) is 0 Å². The number of hydrogen-bond acceptors (Lipinski definition) is 8. The SMILES string of the molecule is CC(=O)Nc1ccc(NC(=O)CSc2nc(CC(=O)N3CCC4(CC3)OCCO4)cs2)cc1. The van der Waals surface area contributed by atoms with E-state index in [9.17, 15) is 14.4 Å². The molecule has 0 unspecified atom stereocenters. The summed E-state index contributed by atoms with van der Waals surface area (Å²) in [5.41, 5.74) is 2.04. The van der Waals surface area contributed by atoms with Crippen LogP contribution in [-0.4, -0.2) is 65.4 Å². The molecule has 2 aliphatic rings. The molecule has 2 N–H and O–H groups in total. The third-order valence-corrected chi connectivity index (χ3v) is 7.44. The first-order valence-corrected chi connectivity index (χ1v) is 12.6. The lowest BCUT2D eigenvalue weighted by Gasteiger charge is -2.37. The minimum atomic E-state index is -0.491. The van der Waals surface area contributed by atoms with Crippen LogP contribution in [0.15, 0.2) is 34.0 Å². The van der Waals surface area contributed by atoms with Gasteiger partial charge in [0.05, 0.1) is 31.1 Å². The van der Waals surface area contributed by atoms with E-state index in [1.807, 2.05) is 10.3 Å². The van der Waals surface area contributed by atoms with Gasteiger partial charge in [-0.25, -0.2) is 4.98 Å². The molecule has 0 bridgehead atoms. The maximum absolute atomic E-state index is 12.6. The van der Waals surface area contributed by atoms with E-state index in [1.54, 1.807) is 24.3 Å². The van der Waals surface area contributed by atoms with Crippen molar-refractivity contribution >= 4 is 52.2 Å². The Morgan fingerprint density at radius 1 is 1.09 bits per heavy atom. The van der Waals surface area contributed by atoms with Crippen LogP contribution in [0.5, 0.6) is 0 Å². The molecular formula is C22H26N4O5S2. The molecule has 1 aromatic heterocycles. The van der Waals surface area contributed by atoms with Crippen LogP contribution < -0.4 is 10.6 Å². The summed E-state index contributed by atoms with van der Waals surface area (Å²) in [5.74, 6) is -0.535. The quantitative estimate of drug-likeness (QED) is 0.574. The van der Waals surface area contributed by atoms with Gasteiger partial charge in [-0.15, -0.1) is 11.3 Å². The number of aromatic nitrogens is 1. The third kappa shape index (κ3) is 6.53. The molecule has 2 aliphatic heterocycles. The second-order valence-electron chi connectivity index (χ2n) is 7.87. The number of carbonyl (C=O) groups excluding carboxylic acids is 3. The molecule has 2 fully saturated rings. The lowest BCUT2D eigenvalue weighted by molar-refractivity contribution is -0.187. The standard InChI is InChI=1S/C22H26N4O5S2/c1-15(27)23-16-2-4-17(5-3-16)24-19(28)14-33-21-25-18(13-32-21)12-20(29)26-8-6-22(7-9-26)30-10-11-31-22/h2-5,13H,6-12,14H2,1H3,(H,23,27)(H,24,28). The number of anilines is 2. The highest BCUT2D eigenvalue weighted by atomic mass is 32.2. The van der Waals surface area contributed by atoms with Crippen LogP contribution in [0, 0.1) is 0 Å². The molecule has 176 valence electrons. The molecule has 4 rings (SSSR count). The monoisotopic (exact) mass is 490 g/mol. The number of benzene rings is 1. The van der Waals surface area contributed by atoms with Gasteiger partial charge in [0, 0.05) is 49.6 Å². The maximum Gasteiger partial charge on any atom is 0.234 e. The van der Waals surface area contributed by atoms with E-state index < -0.39 is 5.79 Å². The summed E-state index contributed by atoms with van der Waals surface area (Å²) in [5, 5.41) is 7.37. The Bertz CT molecular complexity index is 994. The number of rotatable bonds is 7. The van der Waals surface area contributed by atoms with Crippen molar-refractivity contribution in [1.82, 2.24) is 9.88 Å². The number of thioether (sulfide) groups is 1. The largest absolute Gasteiger partial charge is 0.347 e. The van der Waals surface area contributed by atoms with Gasteiger partial charge in [-0.1, -0.05) is 11.8 Å². The van der Waals surface area contributed by atoms with E-state index in [2.05, 4.69) is 15.6 Å². The molecule has 9 nitrogen and oxygen atoms in total. The number of piperidine rings is 1. The zero-order valence-corrected chi connectivity index (χ0v) is 19.9. The van der Waals surface area contributed by atoms with Crippen molar-refractivity contribution < 1.29 is 23.9 Å². The Labute approximate surface area is 200 Å². The van der Waals surface area contributed by atoms with Crippen molar-refractivity contribution in [2.24, 2.45) is 0 Å². The van der Waals surface area contributed by atoms with E-state index in [0.29, 0.717) is 50.5 Å². The summed E-state index contributed by atoms with van der Waals surface area (Å²) >= 11 is 2.77. The summed E-state index contributed by atoms with van der Waals surface area (Å²) < 4.78 is 12.2. The van der Waals surface area contributed by atoms with Crippen LogP contribution >= 0.6 is 23.1 Å². The highest BCUT2D eigenvalue weighted by molar-refractivity contribution is 8.01. The van der Waals surface area contributed by atoms with Gasteiger partial charge >= 0.3 is 0 Å². The van der Waals surface area contributed by atoms with Crippen LogP contribution in [0.4, 0.5) is 11.4 Å². The van der Waals surface area contributed by atoms with Gasteiger partial charge in [-0.2, -0.15) is 0 Å². The number of hydrogen-bond donors (Lipinski definition) is 2. The lowest BCUT2D eigenvalue weighted by atomic mass is 10.0. The van der Waals surface area contributed by atoms with Gasteiger partial charge in [-0.3, -0.25) is 14.4 Å². The van der Waals surface area contributed by atoms with Crippen molar-refractivity contribution in [2.45, 2.75) is 36.3 Å². The fraction of sp³-hybridized carbons (Fsp3) is 0.455. The van der Waals surface area contributed by atoms with Crippen molar-refractivity contribution in [2.75, 3.05) is 42.7 Å². The number of thiazole rings is 1. The summed E-state index contributed by atoms with van der Waals surface area (Å²) in [4.78, 5) is 42.3. The van der Waals surface area contributed by atoms with Gasteiger partial charge < -0.3 is 25.0 Å². The van der Waals surface area contributed by atoms with Crippen molar-refractivity contribution in [3.05, 3.63) is 35.3 Å². The van der Waals surface area contributed by atoms with E-state index in [4.69, 9.17) is 9.47 Å². The first kappa shape index (κ1) is 23.7. The Hall–Kier alpha value is -2.47. The molecule has 2 saturated heterocycles. The zero-order chi connectivity index (χ0) is 23.3. The molecule has 0 atom stereocenters. The Kier molecular flexibility index (Phi) is 7.63. The molecule has 0 radical (unpaired) electrons. The normalized spacial score (nSPS) is 17.2. The molecule has 2 aromatic rings. The topological polar surface area (TPSA) is 110 Å². The first-order chi connectivity index (χ1) is 15.9. The molecular weight excluding hydrogens is 464 g/mol. The van der Waals surface area contributed by atoms with Crippen LogP contribution in [-0.2, 0) is 30.3 Å². The molecule has 3 heterocycles. The molecule has 0 saturated carbocycles. The van der Waals surface area contributed by atoms with Gasteiger partial charge in [-0.05, 0) is 24.3 Å². The average Bonchev–Trinajstić information content (AvgIpc) is 3.43. The summed E-state index contributed by atoms with van der Waals surface area (Å²) in [6, 6.07) is 6.91. The molecule has 1 spiro atoms. The fourth-order valence-corrected chi connectivity index (χ4v) is 5.39. The van der Waals surface area contributed by atoms with E-state index in [-0.39, 0.29) is 29.9 Å². The Morgan fingerprint density at radius 2 is 1.73 bits per heavy atom. The van der Waals surface area contributed by atoms with E-state index >= 15 is 0 Å². The summed E-state index contributed by atoms with van der Waals surface area (Å²) in [7, 11) is 0. The zero-order valence-electron chi connectivity index (χ0n) is 18.3. The Morgan fingerprint density at radius 3 is 2.36 bits per heavy atom. The van der Waals surface area contributed by atoms with Crippen molar-refractivity contribution in [3.63, 3.8) is 0 Å². The molecule has 0 aliphatic carbocycles. The minimum Gasteiger partial charge on any atom is -0.347 e. The second-order valence-corrected chi connectivity index (χ2v) is 9.95. The second kappa shape index (κ2) is 10.6. The van der Waals surface area contributed by atoms with E-state index in [0.717, 1.165) is 10.0 Å². The average molecular weight is 491 g/mol. The molecule has 11 heteroatoms. The number of likely N-dealkylation sites (tertiary alicyclic amines) is 1. The fourth-order valence-electron chi connectivity index (χ4n) is 3.75. The Balaban J connectivity index is 1.20. The van der Waals surface area contributed by atoms with Gasteiger partial charge in [0.1, 0.15) is 0 Å². The summed E-state index contributed by atoms with van der Waals surface area (Å²) in [6.45, 7) is 3.93. The summed E-state index contributed by atoms with van der Waals surface area (Å²) in [6.07, 6.45) is 1.64. The number of ether oxygens (including phenoxy) is 2.